The number of ketones is 1. The molecule has 1 aromatic carbocycles. The Kier molecular flexibility index (Phi) is 4.71. The van der Waals surface area contributed by atoms with E-state index in [-0.39, 0.29) is 5.78 Å². The number of aromatic amines is 1. The van der Waals surface area contributed by atoms with Crippen molar-refractivity contribution in [1.29, 1.82) is 0 Å². The Balaban J connectivity index is 1.88. The maximum Gasteiger partial charge on any atom is 0.189 e. The lowest BCUT2D eigenvalue weighted by atomic mass is 10.1. The molecule has 0 spiro atoms. The van der Waals surface area contributed by atoms with Gasteiger partial charge in [0.15, 0.2) is 5.78 Å². The van der Waals surface area contributed by atoms with Crippen LogP contribution in [0.5, 0.6) is 0 Å². The van der Waals surface area contributed by atoms with Crippen LogP contribution in [0.2, 0.25) is 0 Å². The van der Waals surface area contributed by atoms with Crippen molar-refractivity contribution in [3.05, 3.63) is 83.1 Å². The molecule has 1 aromatic heterocycles. The number of rotatable bonds is 4. The predicted octanol–water partition coefficient (Wildman–Crippen LogP) is 4.88. The van der Waals surface area contributed by atoms with Crippen molar-refractivity contribution >= 4 is 11.9 Å². The number of aromatic nitrogens is 2. The molecule has 0 aliphatic heterocycles. The van der Waals surface area contributed by atoms with Crippen LogP contribution >= 0.6 is 0 Å². The van der Waals surface area contributed by atoms with E-state index in [9.17, 15) is 4.79 Å². The number of Topliss-reactive ketones (excluding diaryl/α,β-unsaturated/α-hetero) is 1. The van der Waals surface area contributed by atoms with E-state index in [1.807, 2.05) is 80.6 Å². The largest absolute Gasteiger partial charge is 0.289 e. The molecule has 3 nitrogen and oxygen atoms in total. The zero-order chi connectivity index (χ0) is 16.9. The van der Waals surface area contributed by atoms with Gasteiger partial charge in [0.05, 0.1) is 11.4 Å². The quantitative estimate of drug-likeness (QED) is 0.817. The third-order valence-electron chi connectivity index (χ3n) is 3.96. The summed E-state index contributed by atoms with van der Waals surface area (Å²) >= 11 is 0. The highest BCUT2D eigenvalue weighted by Crippen LogP contribution is 2.31. The van der Waals surface area contributed by atoms with Gasteiger partial charge in [0, 0.05) is 23.1 Å². The summed E-state index contributed by atoms with van der Waals surface area (Å²) in [6, 6.07) is 12.0. The molecule has 2 aromatic rings. The van der Waals surface area contributed by atoms with Crippen LogP contribution in [0.15, 0.2) is 77.4 Å². The number of allylic oxidation sites excluding steroid dienone is 7. The van der Waals surface area contributed by atoms with E-state index in [4.69, 9.17) is 0 Å². The van der Waals surface area contributed by atoms with Gasteiger partial charge in [0.2, 0.25) is 0 Å². The first-order valence-corrected chi connectivity index (χ1v) is 8.07. The monoisotopic (exact) mass is 316 g/mol. The average molecular weight is 316 g/mol. The van der Waals surface area contributed by atoms with Gasteiger partial charge in [-0.3, -0.25) is 9.89 Å². The molecule has 3 rings (SSSR count). The first-order valence-electron chi connectivity index (χ1n) is 8.07. The van der Waals surface area contributed by atoms with Gasteiger partial charge >= 0.3 is 0 Å². The van der Waals surface area contributed by atoms with Gasteiger partial charge in [-0.25, -0.2) is 0 Å². The van der Waals surface area contributed by atoms with Gasteiger partial charge in [-0.1, -0.05) is 54.6 Å². The van der Waals surface area contributed by atoms with Crippen molar-refractivity contribution in [2.24, 2.45) is 0 Å². The lowest BCUT2D eigenvalue weighted by Gasteiger charge is -1.95. The second kappa shape index (κ2) is 7.09. The number of benzene rings is 1. The summed E-state index contributed by atoms with van der Waals surface area (Å²) < 4.78 is 0. The highest BCUT2D eigenvalue weighted by molar-refractivity contribution is 6.16. The molecule has 1 N–H and O–H groups in total. The normalized spacial score (nSPS) is 17.1. The van der Waals surface area contributed by atoms with Crippen molar-refractivity contribution < 1.29 is 4.79 Å². The molecule has 0 bridgehead atoms. The van der Waals surface area contributed by atoms with Crippen LogP contribution in [0.1, 0.15) is 26.0 Å². The Hall–Kier alpha value is -2.94. The number of hydrogen-bond acceptors (Lipinski definition) is 2. The zero-order valence-corrected chi connectivity index (χ0v) is 13.9. The van der Waals surface area contributed by atoms with Crippen LogP contribution in [-0.2, 0) is 4.79 Å². The third-order valence-corrected chi connectivity index (χ3v) is 3.96. The SMILES string of the molecule is C/C=C\C1=C(/C=C\C)C(=O)/C(=C/c2cc(-c3ccccc3)n[nH]2)C1. The minimum Gasteiger partial charge on any atom is -0.289 e. The number of carbonyl (C=O) groups excluding carboxylic acids is 1. The van der Waals surface area contributed by atoms with Crippen LogP contribution in [-0.4, -0.2) is 16.0 Å². The first-order chi connectivity index (χ1) is 11.7. The Bertz CT molecular complexity index is 864. The number of hydrogen-bond donors (Lipinski definition) is 1. The lowest BCUT2D eigenvalue weighted by molar-refractivity contribution is -0.111. The predicted molar refractivity (Wildman–Crippen MR) is 98.3 cm³/mol. The van der Waals surface area contributed by atoms with E-state index in [1.54, 1.807) is 0 Å². The number of H-pyrrole nitrogens is 1. The molecule has 1 aliphatic rings. The molecule has 1 heterocycles. The fourth-order valence-corrected chi connectivity index (χ4v) is 2.87. The summed E-state index contributed by atoms with van der Waals surface area (Å²) in [5.41, 5.74) is 5.42. The molecule has 0 amide bonds. The smallest absolute Gasteiger partial charge is 0.189 e. The third kappa shape index (κ3) is 3.20. The Morgan fingerprint density at radius 2 is 1.83 bits per heavy atom. The summed E-state index contributed by atoms with van der Waals surface area (Å²) in [5.74, 6) is 0.0945. The van der Waals surface area contributed by atoms with Crippen LogP contribution in [0.3, 0.4) is 0 Å². The standard InChI is InChI=1S/C21H20N2O/c1-3-8-16-12-17(21(24)19(16)9-4-2)13-18-14-20(23-22-18)15-10-6-5-7-11-15/h3-11,13-14H,12H2,1-2H3,(H,22,23)/b8-3-,9-4-,17-13+. The Labute approximate surface area is 142 Å². The molecular weight excluding hydrogens is 296 g/mol. The van der Waals surface area contributed by atoms with E-state index in [2.05, 4.69) is 10.2 Å². The van der Waals surface area contributed by atoms with E-state index in [0.717, 1.165) is 33.7 Å². The average Bonchev–Trinajstić information content (AvgIpc) is 3.17. The molecular formula is C21H20N2O. The Morgan fingerprint density at radius 1 is 1.08 bits per heavy atom. The number of carbonyl (C=O) groups is 1. The number of nitrogens with zero attached hydrogens (tertiary/aromatic N) is 1. The summed E-state index contributed by atoms with van der Waals surface area (Å²) in [6.45, 7) is 3.89. The Morgan fingerprint density at radius 3 is 2.54 bits per heavy atom. The van der Waals surface area contributed by atoms with Gasteiger partial charge in [-0.15, -0.1) is 0 Å². The first kappa shape index (κ1) is 15.9. The molecule has 0 fully saturated rings. The van der Waals surface area contributed by atoms with Gasteiger partial charge in [-0.05, 0) is 31.6 Å². The molecule has 24 heavy (non-hydrogen) atoms. The molecule has 0 saturated heterocycles. The molecule has 0 atom stereocenters. The highest BCUT2D eigenvalue weighted by Gasteiger charge is 2.24. The fraction of sp³-hybridized carbons (Fsp3) is 0.143. The molecule has 3 heteroatoms. The molecule has 0 unspecified atom stereocenters. The summed E-state index contributed by atoms with van der Waals surface area (Å²) in [5, 5.41) is 7.35. The van der Waals surface area contributed by atoms with Crippen molar-refractivity contribution in [3.63, 3.8) is 0 Å². The van der Waals surface area contributed by atoms with Crippen LogP contribution in [0, 0.1) is 0 Å². The second-order valence-electron chi connectivity index (χ2n) is 5.69. The molecule has 0 radical (unpaired) electrons. The maximum atomic E-state index is 12.6. The van der Waals surface area contributed by atoms with Gasteiger partial charge in [0.1, 0.15) is 0 Å². The van der Waals surface area contributed by atoms with Crippen molar-refractivity contribution in [2.75, 3.05) is 0 Å². The van der Waals surface area contributed by atoms with E-state index in [0.29, 0.717) is 6.42 Å². The topological polar surface area (TPSA) is 45.8 Å². The molecule has 1 aliphatic carbocycles. The van der Waals surface area contributed by atoms with Gasteiger partial charge < -0.3 is 0 Å². The summed E-state index contributed by atoms with van der Waals surface area (Å²) in [7, 11) is 0. The fourth-order valence-electron chi connectivity index (χ4n) is 2.87. The summed E-state index contributed by atoms with van der Waals surface area (Å²) in [6.07, 6.45) is 10.3. The minimum atomic E-state index is 0.0945. The van der Waals surface area contributed by atoms with Gasteiger partial charge in [-0.2, -0.15) is 5.10 Å². The molecule has 0 saturated carbocycles. The van der Waals surface area contributed by atoms with Gasteiger partial charge in [0.25, 0.3) is 0 Å². The van der Waals surface area contributed by atoms with Crippen molar-refractivity contribution in [2.45, 2.75) is 20.3 Å². The highest BCUT2D eigenvalue weighted by atomic mass is 16.1. The van der Waals surface area contributed by atoms with Crippen LogP contribution < -0.4 is 0 Å². The number of nitrogens with one attached hydrogen (secondary N) is 1. The lowest BCUT2D eigenvalue weighted by Crippen LogP contribution is -1.97. The maximum absolute atomic E-state index is 12.6. The second-order valence-corrected chi connectivity index (χ2v) is 5.69. The van der Waals surface area contributed by atoms with E-state index in [1.165, 1.54) is 0 Å². The minimum absolute atomic E-state index is 0.0945. The van der Waals surface area contributed by atoms with E-state index < -0.39 is 0 Å². The zero-order valence-electron chi connectivity index (χ0n) is 13.9. The van der Waals surface area contributed by atoms with E-state index >= 15 is 0 Å². The molecule has 120 valence electrons. The van der Waals surface area contributed by atoms with Crippen LogP contribution in [0.25, 0.3) is 17.3 Å². The van der Waals surface area contributed by atoms with Crippen molar-refractivity contribution in [3.8, 4) is 11.3 Å². The van der Waals surface area contributed by atoms with Crippen molar-refractivity contribution in [1.82, 2.24) is 10.2 Å². The van der Waals surface area contributed by atoms with Crippen LogP contribution in [0.4, 0.5) is 0 Å². The summed E-state index contributed by atoms with van der Waals surface area (Å²) in [4.78, 5) is 12.6.